The van der Waals surface area contributed by atoms with Crippen LogP contribution < -0.4 is 15.6 Å². The Balaban J connectivity index is 1.45. The Bertz CT molecular complexity index is 1340. The van der Waals surface area contributed by atoms with Crippen LogP contribution in [0, 0.1) is 6.92 Å². The van der Waals surface area contributed by atoms with Crippen molar-refractivity contribution in [3.05, 3.63) is 64.8 Å². The van der Waals surface area contributed by atoms with Crippen molar-refractivity contribution in [2.24, 2.45) is 5.10 Å². The molecule has 0 unspecified atom stereocenters. The van der Waals surface area contributed by atoms with Gasteiger partial charge in [-0.15, -0.1) is 0 Å². The van der Waals surface area contributed by atoms with Crippen molar-refractivity contribution in [1.29, 1.82) is 0 Å². The largest absolute Gasteiger partial charge is 0.378 e. The average molecular weight is 475 g/mol. The summed E-state index contributed by atoms with van der Waals surface area (Å²) in [6.45, 7) is 4.56. The second-order valence-electron chi connectivity index (χ2n) is 7.60. The van der Waals surface area contributed by atoms with Crippen molar-refractivity contribution in [3.63, 3.8) is 0 Å². The fraction of sp³-hybridized carbons (Fsp3) is 0.217. The lowest BCUT2D eigenvalue weighted by Crippen LogP contribution is -2.37. The number of pyridine rings is 1. The molecular formula is C23H22N8O2S. The summed E-state index contributed by atoms with van der Waals surface area (Å²) in [5, 5.41) is 7.35. The third-order valence-corrected chi connectivity index (χ3v) is 6.02. The van der Waals surface area contributed by atoms with E-state index in [0.717, 1.165) is 11.1 Å². The number of ether oxygens (including phenoxy) is 1. The Morgan fingerprint density at radius 1 is 1.15 bits per heavy atom. The molecule has 34 heavy (non-hydrogen) atoms. The number of rotatable bonds is 6. The number of fused-ring (bicyclic) bond motifs is 1. The van der Waals surface area contributed by atoms with Crippen molar-refractivity contribution in [3.8, 4) is 0 Å². The maximum atomic E-state index is 12.8. The van der Waals surface area contributed by atoms with Crippen LogP contribution in [-0.4, -0.2) is 58.4 Å². The first kappa shape index (κ1) is 21.9. The molecule has 0 aliphatic carbocycles. The van der Waals surface area contributed by atoms with Gasteiger partial charge in [-0.05, 0) is 24.6 Å². The van der Waals surface area contributed by atoms with Crippen LogP contribution in [-0.2, 0) is 4.74 Å². The molecule has 3 aromatic heterocycles. The first-order valence-electron chi connectivity index (χ1n) is 10.7. The van der Waals surface area contributed by atoms with Crippen LogP contribution in [0.2, 0.25) is 0 Å². The van der Waals surface area contributed by atoms with Gasteiger partial charge in [-0.3, -0.25) is 4.79 Å². The van der Waals surface area contributed by atoms with Gasteiger partial charge < -0.3 is 15.0 Å². The smallest absolute Gasteiger partial charge is 0.285 e. The molecule has 0 spiro atoms. The van der Waals surface area contributed by atoms with Gasteiger partial charge in [-0.2, -0.15) is 15.1 Å². The zero-order chi connectivity index (χ0) is 23.3. The first-order valence-corrected chi connectivity index (χ1v) is 11.6. The van der Waals surface area contributed by atoms with E-state index in [1.807, 2.05) is 31.2 Å². The number of amides is 1. The number of thiazole rings is 1. The molecule has 0 bridgehead atoms. The number of aromatic nitrogens is 4. The van der Waals surface area contributed by atoms with Crippen molar-refractivity contribution < 1.29 is 9.53 Å². The molecule has 1 aliphatic rings. The van der Waals surface area contributed by atoms with Crippen LogP contribution >= 0.6 is 11.3 Å². The highest BCUT2D eigenvalue weighted by molar-refractivity contribution is 7.20. The summed E-state index contributed by atoms with van der Waals surface area (Å²) in [5.41, 5.74) is 5.61. The Morgan fingerprint density at radius 3 is 2.82 bits per heavy atom. The van der Waals surface area contributed by atoms with Gasteiger partial charge in [0.25, 0.3) is 5.91 Å². The van der Waals surface area contributed by atoms with Crippen molar-refractivity contribution in [2.75, 3.05) is 41.9 Å². The highest BCUT2D eigenvalue weighted by Crippen LogP contribution is 2.30. The number of hydrogen-bond donors (Lipinski definition) is 2. The number of nitrogens with one attached hydrogen (secondary N) is 2. The van der Waals surface area contributed by atoms with Crippen molar-refractivity contribution in [2.45, 2.75) is 6.92 Å². The van der Waals surface area contributed by atoms with Gasteiger partial charge in [0.1, 0.15) is 11.3 Å². The normalized spacial score (nSPS) is 14.0. The van der Waals surface area contributed by atoms with E-state index in [2.05, 4.69) is 40.7 Å². The molecule has 0 radical (unpaired) electrons. The minimum Gasteiger partial charge on any atom is -0.378 e. The quantitative estimate of drug-likeness (QED) is 0.323. The molecule has 2 N–H and O–H groups in total. The molecule has 10 nitrogen and oxygen atoms in total. The van der Waals surface area contributed by atoms with E-state index in [9.17, 15) is 4.79 Å². The van der Waals surface area contributed by atoms with Gasteiger partial charge >= 0.3 is 0 Å². The molecule has 1 aromatic carbocycles. The lowest BCUT2D eigenvalue weighted by atomic mass is 10.2. The molecule has 1 amide bonds. The zero-order valence-corrected chi connectivity index (χ0v) is 19.2. The fourth-order valence-electron chi connectivity index (χ4n) is 3.47. The summed E-state index contributed by atoms with van der Waals surface area (Å²) < 4.78 is 5.48. The Morgan fingerprint density at radius 2 is 2.03 bits per heavy atom. The minimum absolute atomic E-state index is 0.282. The Kier molecular flexibility index (Phi) is 6.36. The van der Waals surface area contributed by atoms with E-state index < -0.39 is 0 Å². The highest BCUT2D eigenvalue weighted by Gasteiger charge is 2.22. The number of aryl methyl sites for hydroxylation is 1. The zero-order valence-electron chi connectivity index (χ0n) is 18.4. The van der Waals surface area contributed by atoms with Crippen LogP contribution in [0.3, 0.4) is 0 Å². The number of benzene rings is 1. The van der Waals surface area contributed by atoms with E-state index in [1.165, 1.54) is 11.3 Å². The van der Waals surface area contributed by atoms with E-state index in [-0.39, 0.29) is 10.9 Å². The number of morpholine rings is 1. The van der Waals surface area contributed by atoms with Gasteiger partial charge in [0.15, 0.2) is 15.7 Å². The molecule has 0 atom stereocenters. The molecule has 1 aliphatic heterocycles. The second kappa shape index (κ2) is 9.89. The predicted molar refractivity (Wildman–Crippen MR) is 133 cm³/mol. The van der Waals surface area contributed by atoms with Crippen LogP contribution in [0.25, 0.3) is 10.3 Å². The maximum absolute atomic E-state index is 12.8. The molecule has 11 heteroatoms. The van der Waals surface area contributed by atoms with Crippen LogP contribution in [0.5, 0.6) is 0 Å². The molecule has 0 saturated carbocycles. The predicted octanol–water partition coefficient (Wildman–Crippen LogP) is 3.32. The highest BCUT2D eigenvalue weighted by atomic mass is 32.1. The number of nitrogens with zero attached hydrogens (tertiary/aromatic N) is 6. The average Bonchev–Trinajstić information content (AvgIpc) is 3.29. The summed E-state index contributed by atoms with van der Waals surface area (Å²) in [5.74, 6) is 1.09. The molecule has 4 heterocycles. The van der Waals surface area contributed by atoms with Crippen molar-refractivity contribution >= 4 is 51.4 Å². The maximum Gasteiger partial charge on any atom is 0.285 e. The van der Waals surface area contributed by atoms with Gasteiger partial charge in [0.2, 0.25) is 5.95 Å². The third kappa shape index (κ3) is 5.00. The Labute approximate surface area is 199 Å². The van der Waals surface area contributed by atoms with Gasteiger partial charge in [-0.1, -0.05) is 47.2 Å². The van der Waals surface area contributed by atoms with Gasteiger partial charge in [0.05, 0.1) is 19.4 Å². The van der Waals surface area contributed by atoms with Gasteiger partial charge in [0, 0.05) is 19.3 Å². The summed E-state index contributed by atoms with van der Waals surface area (Å²) in [6.07, 6.45) is 3.33. The molecule has 4 aromatic rings. The standard InChI is InChI=1S/C23H22N8O2S/c1-15-5-4-6-16(13-15)14-25-30-23-28-19(31-9-11-33-12-10-31)18-21(29-23)34-22(27-18)20(32)26-17-7-2-3-8-24-17/h2-8,13-14H,9-12H2,1H3,(H,24,26,32)(H,28,29,30)/b25-14+. The third-order valence-electron chi connectivity index (χ3n) is 5.07. The number of anilines is 3. The lowest BCUT2D eigenvalue weighted by Gasteiger charge is -2.27. The van der Waals surface area contributed by atoms with Gasteiger partial charge in [-0.25, -0.2) is 15.4 Å². The molecule has 1 fully saturated rings. The summed E-state index contributed by atoms with van der Waals surface area (Å²) in [4.78, 5) is 33.4. The van der Waals surface area contributed by atoms with E-state index in [1.54, 1.807) is 30.6 Å². The second-order valence-corrected chi connectivity index (χ2v) is 8.57. The molecule has 5 rings (SSSR count). The number of hydrogen-bond acceptors (Lipinski definition) is 10. The minimum atomic E-state index is -0.346. The fourth-order valence-corrected chi connectivity index (χ4v) is 4.30. The molecule has 1 saturated heterocycles. The monoisotopic (exact) mass is 474 g/mol. The SMILES string of the molecule is Cc1cccc(/C=N/Nc2nc(N3CCOCC3)c3nc(C(=O)Nc4ccccn4)sc3n2)c1. The van der Waals surface area contributed by atoms with Crippen LogP contribution in [0.15, 0.2) is 53.8 Å². The molecule has 172 valence electrons. The van der Waals surface area contributed by atoms with Crippen LogP contribution in [0.1, 0.15) is 20.9 Å². The van der Waals surface area contributed by atoms with E-state index in [0.29, 0.717) is 54.2 Å². The lowest BCUT2D eigenvalue weighted by molar-refractivity contribution is 0.102. The summed E-state index contributed by atoms with van der Waals surface area (Å²) in [6, 6.07) is 13.3. The first-order chi connectivity index (χ1) is 16.7. The van der Waals surface area contributed by atoms with E-state index >= 15 is 0 Å². The van der Waals surface area contributed by atoms with Crippen molar-refractivity contribution in [1.82, 2.24) is 19.9 Å². The van der Waals surface area contributed by atoms with E-state index in [4.69, 9.17) is 4.74 Å². The number of carbonyl (C=O) groups excluding carboxylic acids is 1. The topological polar surface area (TPSA) is 118 Å². The summed E-state index contributed by atoms with van der Waals surface area (Å²) >= 11 is 1.20. The molecular weight excluding hydrogens is 452 g/mol. The van der Waals surface area contributed by atoms with Crippen LogP contribution in [0.4, 0.5) is 17.6 Å². The summed E-state index contributed by atoms with van der Waals surface area (Å²) in [7, 11) is 0. The number of carbonyl (C=O) groups is 1. The number of hydrazone groups is 1. The Hall–Kier alpha value is -3.96.